The molecule has 0 radical (unpaired) electrons. The molecule has 1 saturated heterocycles. The summed E-state index contributed by atoms with van der Waals surface area (Å²) in [4.78, 5) is 9.89. The second-order valence-corrected chi connectivity index (χ2v) is 9.81. The van der Waals surface area contributed by atoms with E-state index in [9.17, 15) is 8.42 Å². The highest BCUT2D eigenvalue weighted by molar-refractivity contribution is 7.92. The molecule has 6 nitrogen and oxygen atoms in total. The third-order valence-corrected chi connectivity index (χ3v) is 7.26. The average molecular weight is 475 g/mol. The molecule has 2 heterocycles. The second kappa shape index (κ2) is 10.5. The Kier molecular flexibility index (Phi) is 7.98. The van der Waals surface area contributed by atoms with Gasteiger partial charge in [-0.05, 0) is 36.6 Å². The van der Waals surface area contributed by atoms with Gasteiger partial charge in [0.15, 0.2) is 0 Å². The summed E-state index contributed by atoms with van der Waals surface area (Å²) in [7, 11) is -3.30. The first-order chi connectivity index (χ1) is 15.0. The Hall–Kier alpha value is -2.35. The zero-order valence-corrected chi connectivity index (χ0v) is 20.3. The van der Waals surface area contributed by atoms with Crippen molar-refractivity contribution in [1.82, 2.24) is 9.88 Å². The van der Waals surface area contributed by atoms with E-state index in [-0.39, 0.29) is 18.2 Å². The standard InChI is InChI=1S/C24H30N4O2S.ClH/c1-3-17-31(29,30)26-21-11-9-19(10-12-21)23-18-20-7-5-6-8-22(20)24(25-23)28-15-13-27(4-2)14-16-28;/h5-12,18,26H,3-4,13-17H2,1-2H3;1H. The number of fused-ring (bicyclic) bond motifs is 1. The van der Waals surface area contributed by atoms with Crippen LogP contribution in [0.5, 0.6) is 0 Å². The molecule has 3 aromatic rings. The van der Waals surface area contributed by atoms with Gasteiger partial charge in [0, 0.05) is 42.8 Å². The smallest absolute Gasteiger partial charge is 0.232 e. The largest absolute Gasteiger partial charge is 0.354 e. The number of likely N-dealkylation sites (N-methyl/N-ethyl adjacent to an activating group) is 1. The molecule has 1 aliphatic rings. The van der Waals surface area contributed by atoms with Gasteiger partial charge in [0.05, 0.1) is 11.4 Å². The highest BCUT2D eigenvalue weighted by Crippen LogP contribution is 2.31. The van der Waals surface area contributed by atoms with E-state index in [4.69, 9.17) is 4.98 Å². The minimum atomic E-state index is -3.30. The van der Waals surface area contributed by atoms with E-state index in [2.05, 4.69) is 51.8 Å². The topological polar surface area (TPSA) is 65.5 Å². The van der Waals surface area contributed by atoms with Crippen LogP contribution < -0.4 is 9.62 Å². The summed E-state index contributed by atoms with van der Waals surface area (Å²) >= 11 is 0. The molecule has 0 amide bonds. The second-order valence-electron chi connectivity index (χ2n) is 7.97. The van der Waals surface area contributed by atoms with E-state index in [1.807, 2.05) is 19.1 Å². The van der Waals surface area contributed by atoms with E-state index in [0.29, 0.717) is 12.1 Å². The van der Waals surface area contributed by atoms with Crippen LogP contribution in [0.3, 0.4) is 0 Å². The van der Waals surface area contributed by atoms with Crippen molar-refractivity contribution >= 4 is 44.7 Å². The normalized spacial score (nSPS) is 14.9. The van der Waals surface area contributed by atoms with E-state index in [0.717, 1.165) is 55.2 Å². The minimum Gasteiger partial charge on any atom is -0.354 e. The number of halogens is 1. The van der Waals surface area contributed by atoms with Gasteiger partial charge in [-0.25, -0.2) is 13.4 Å². The molecule has 1 aromatic heterocycles. The quantitative estimate of drug-likeness (QED) is 0.541. The van der Waals surface area contributed by atoms with Gasteiger partial charge in [-0.1, -0.05) is 50.2 Å². The number of nitrogens with one attached hydrogen (secondary N) is 1. The number of sulfonamides is 1. The summed E-state index contributed by atoms with van der Waals surface area (Å²) in [6.45, 7) is 9.16. The lowest BCUT2D eigenvalue weighted by Crippen LogP contribution is -2.46. The SMILES string of the molecule is CCCS(=O)(=O)Nc1ccc(-c2cc3ccccc3c(N3CCN(CC)CC3)n2)cc1.Cl. The predicted octanol–water partition coefficient (Wildman–Crippen LogP) is 4.62. The maximum absolute atomic E-state index is 12.0. The van der Waals surface area contributed by atoms with Crippen molar-refractivity contribution in [3.8, 4) is 11.3 Å². The Labute approximate surface area is 197 Å². The molecule has 0 spiro atoms. The van der Waals surface area contributed by atoms with Gasteiger partial charge in [-0.2, -0.15) is 0 Å². The molecule has 0 aliphatic carbocycles. The van der Waals surface area contributed by atoms with E-state index in [1.54, 1.807) is 12.1 Å². The maximum Gasteiger partial charge on any atom is 0.232 e. The van der Waals surface area contributed by atoms with E-state index in [1.165, 1.54) is 5.39 Å². The molecule has 0 bridgehead atoms. The Balaban J connectivity index is 0.00000289. The number of hydrogen-bond acceptors (Lipinski definition) is 5. The molecule has 1 fully saturated rings. The zero-order chi connectivity index (χ0) is 21.8. The highest BCUT2D eigenvalue weighted by atomic mass is 35.5. The van der Waals surface area contributed by atoms with Gasteiger partial charge >= 0.3 is 0 Å². The van der Waals surface area contributed by atoms with Gasteiger partial charge in [0.25, 0.3) is 0 Å². The van der Waals surface area contributed by atoms with Crippen LogP contribution in [-0.4, -0.2) is 56.8 Å². The molecule has 0 atom stereocenters. The fraction of sp³-hybridized carbons (Fsp3) is 0.375. The van der Waals surface area contributed by atoms with Crippen LogP contribution in [0, 0.1) is 0 Å². The number of anilines is 2. The molecule has 0 unspecified atom stereocenters. The predicted molar refractivity (Wildman–Crippen MR) is 136 cm³/mol. The first-order valence-electron chi connectivity index (χ1n) is 11.0. The molecule has 32 heavy (non-hydrogen) atoms. The number of hydrogen-bond donors (Lipinski definition) is 1. The van der Waals surface area contributed by atoms with Gasteiger partial charge < -0.3 is 9.80 Å². The maximum atomic E-state index is 12.0. The Bertz CT molecular complexity index is 1140. The van der Waals surface area contributed by atoms with Crippen LogP contribution in [-0.2, 0) is 10.0 Å². The monoisotopic (exact) mass is 474 g/mol. The Morgan fingerprint density at radius 3 is 2.31 bits per heavy atom. The van der Waals surface area contributed by atoms with E-state index < -0.39 is 10.0 Å². The molecular weight excluding hydrogens is 444 g/mol. The molecule has 0 saturated carbocycles. The van der Waals surface area contributed by atoms with Crippen LogP contribution in [0.2, 0.25) is 0 Å². The van der Waals surface area contributed by atoms with Gasteiger partial charge in [0.1, 0.15) is 5.82 Å². The van der Waals surface area contributed by atoms with Crippen LogP contribution in [0.15, 0.2) is 54.6 Å². The summed E-state index contributed by atoms with van der Waals surface area (Å²) in [5.74, 6) is 1.15. The summed E-state index contributed by atoms with van der Waals surface area (Å²) in [6.07, 6.45) is 0.587. The van der Waals surface area contributed by atoms with Gasteiger partial charge in [-0.3, -0.25) is 4.72 Å². The van der Waals surface area contributed by atoms with Gasteiger partial charge in [-0.15, -0.1) is 12.4 Å². The fourth-order valence-electron chi connectivity index (χ4n) is 4.05. The molecular formula is C24H31ClN4O2S. The average Bonchev–Trinajstić information content (AvgIpc) is 2.78. The number of aromatic nitrogens is 1. The van der Waals surface area contributed by atoms with Crippen LogP contribution in [0.25, 0.3) is 22.0 Å². The van der Waals surface area contributed by atoms with Crippen molar-refractivity contribution < 1.29 is 8.42 Å². The first-order valence-corrected chi connectivity index (χ1v) is 12.6. The van der Waals surface area contributed by atoms with Crippen LogP contribution in [0.4, 0.5) is 11.5 Å². The van der Waals surface area contributed by atoms with E-state index >= 15 is 0 Å². The Morgan fingerprint density at radius 1 is 0.969 bits per heavy atom. The zero-order valence-electron chi connectivity index (χ0n) is 18.6. The third kappa shape index (κ3) is 5.52. The molecule has 4 rings (SSSR count). The molecule has 1 aliphatic heterocycles. The fourth-order valence-corrected chi connectivity index (χ4v) is 5.19. The lowest BCUT2D eigenvalue weighted by molar-refractivity contribution is 0.271. The minimum absolute atomic E-state index is 0. The lowest BCUT2D eigenvalue weighted by atomic mass is 10.1. The molecule has 172 valence electrons. The van der Waals surface area contributed by atoms with Crippen molar-refractivity contribution in [3.05, 3.63) is 54.6 Å². The number of rotatable bonds is 7. The van der Waals surface area contributed by atoms with Crippen molar-refractivity contribution in [2.75, 3.05) is 48.1 Å². The summed E-state index contributed by atoms with van der Waals surface area (Å²) in [5, 5.41) is 2.33. The Morgan fingerprint density at radius 2 is 1.66 bits per heavy atom. The number of piperazine rings is 1. The number of nitrogens with zero attached hydrogens (tertiary/aromatic N) is 3. The lowest BCUT2D eigenvalue weighted by Gasteiger charge is -2.35. The van der Waals surface area contributed by atoms with Crippen molar-refractivity contribution in [3.63, 3.8) is 0 Å². The molecule has 8 heteroatoms. The summed E-state index contributed by atoms with van der Waals surface area (Å²) < 4.78 is 26.7. The van der Waals surface area contributed by atoms with Crippen LogP contribution in [0.1, 0.15) is 20.3 Å². The van der Waals surface area contributed by atoms with Gasteiger partial charge in [0.2, 0.25) is 10.0 Å². The number of benzene rings is 2. The third-order valence-electron chi connectivity index (χ3n) is 5.77. The highest BCUT2D eigenvalue weighted by Gasteiger charge is 2.20. The van der Waals surface area contributed by atoms with Crippen molar-refractivity contribution in [2.45, 2.75) is 20.3 Å². The number of pyridine rings is 1. The molecule has 2 aromatic carbocycles. The summed E-state index contributed by atoms with van der Waals surface area (Å²) in [5.41, 5.74) is 2.45. The molecule has 1 N–H and O–H groups in total. The summed E-state index contributed by atoms with van der Waals surface area (Å²) in [6, 6.07) is 18.0. The van der Waals surface area contributed by atoms with Crippen LogP contribution >= 0.6 is 12.4 Å². The van der Waals surface area contributed by atoms with Crippen molar-refractivity contribution in [2.24, 2.45) is 0 Å². The van der Waals surface area contributed by atoms with Crippen molar-refractivity contribution in [1.29, 1.82) is 0 Å². The first kappa shape index (κ1) is 24.3.